The normalized spacial score (nSPS) is 14.0. The number of ether oxygens (including phenoxy) is 3. The highest BCUT2D eigenvalue weighted by Gasteiger charge is 2.24. The number of hydrogen-bond acceptors (Lipinski definition) is 6. The Bertz CT molecular complexity index is 653. The summed E-state index contributed by atoms with van der Waals surface area (Å²) >= 11 is 0. The van der Waals surface area contributed by atoms with Crippen LogP contribution >= 0.6 is 0 Å². The number of carbonyl (C=O) groups is 3. The fraction of sp³-hybridized carbons (Fsp3) is 0.471. The number of esters is 1. The molecule has 8 nitrogen and oxygen atoms in total. The zero-order valence-corrected chi connectivity index (χ0v) is 14.6. The summed E-state index contributed by atoms with van der Waals surface area (Å²) in [7, 11) is 2.89. The molecule has 0 bridgehead atoms. The molecule has 0 spiro atoms. The maximum atomic E-state index is 12.2. The van der Waals surface area contributed by atoms with Crippen molar-refractivity contribution in [3.05, 3.63) is 23.8 Å². The predicted molar refractivity (Wildman–Crippen MR) is 88.7 cm³/mol. The van der Waals surface area contributed by atoms with E-state index in [4.69, 9.17) is 14.2 Å². The van der Waals surface area contributed by atoms with E-state index in [2.05, 4.69) is 0 Å². The molecule has 1 aliphatic heterocycles. The Morgan fingerprint density at radius 3 is 2.20 bits per heavy atom. The second-order valence-electron chi connectivity index (χ2n) is 5.50. The second kappa shape index (κ2) is 8.36. The molecule has 136 valence electrons. The summed E-state index contributed by atoms with van der Waals surface area (Å²) in [5.74, 6) is -0.297. The molecule has 0 atom stereocenters. The van der Waals surface area contributed by atoms with Crippen LogP contribution in [-0.2, 0) is 14.3 Å². The van der Waals surface area contributed by atoms with Crippen LogP contribution in [0.4, 0.5) is 0 Å². The van der Waals surface area contributed by atoms with Gasteiger partial charge >= 0.3 is 5.97 Å². The van der Waals surface area contributed by atoms with Crippen molar-refractivity contribution in [1.29, 1.82) is 0 Å². The highest BCUT2D eigenvalue weighted by molar-refractivity contribution is 5.95. The zero-order valence-electron chi connectivity index (χ0n) is 14.6. The van der Waals surface area contributed by atoms with E-state index in [9.17, 15) is 14.4 Å². The summed E-state index contributed by atoms with van der Waals surface area (Å²) in [6.07, 6.45) is 0. The fourth-order valence-corrected chi connectivity index (χ4v) is 2.61. The van der Waals surface area contributed by atoms with E-state index < -0.39 is 5.97 Å². The molecule has 2 rings (SSSR count). The van der Waals surface area contributed by atoms with Crippen molar-refractivity contribution in [3.63, 3.8) is 0 Å². The van der Waals surface area contributed by atoms with Gasteiger partial charge in [0.05, 0.1) is 14.2 Å². The van der Waals surface area contributed by atoms with Gasteiger partial charge in [-0.2, -0.15) is 0 Å². The average Bonchev–Trinajstić information content (AvgIpc) is 2.64. The fourth-order valence-electron chi connectivity index (χ4n) is 2.61. The second-order valence-corrected chi connectivity index (χ2v) is 5.50. The molecular weight excluding hydrogens is 328 g/mol. The summed E-state index contributed by atoms with van der Waals surface area (Å²) in [4.78, 5) is 39.0. The minimum absolute atomic E-state index is 0.0105. The maximum absolute atomic E-state index is 12.2. The first kappa shape index (κ1) is 18.6. The van der Waals surface area contributed by atoms with Crippen molar-refractivity contribution >= 4 is 17.8 Å². The van der Waals surface area contributed by atoms with Crippen molar-refractivity contribution < 1.29 is 28.6 Å². The lowest BCUT2D eigenvalue weighted by Gasteiger charge is -2.34. The Balaban J connectivity index is 1.92. The lowest BCUT2D eigenvalue weighted by Crippen LogP contribution is -2.51. The van der Waals surface area contributed by atoms with Gasteiger partial charge in [-0.1, -0.05) is 6.07 Å². The van der Waals surface area contributed by atoms with Crippen molar-refractivity contribution in [1.82, 2.24) is 9.80 Å². The highest BCUT2D eigenvalue weighted by Crippen LogP contribution is 2.31. The molecule has 0 aromatic heterocycles. The minimum atomic E-state index is -0.661. The number of amides is 2. The van der Waals surface area contributed by atoms with E-state index in [-0.39, 0.29) is 29.7 Å². The van der Waals surface area contributed by atoms with E-state index in [1.54, 1.807) is 28.0 Å². The van der Waals surface area contributed by atoms with Gasteiger partial charge < -0.3 is 24.0 Å². The van der Waals surface area contributed by atoms with Crippen molar-refractivity contribution in [2.24, 2.45) is 0 Å². The first-order valence-corrected chi connectivity index (χ1v) is 7.89. The Kier molecular flexibility index (Phi) is 6.21. The molecule has 1 aliphatic rings. The van der Waals surface area contributed by atoms with Crippen LogP contribution in [0.25, 0.3) is 0 Å². The number of methoxy groups -OCH3 is 2. The molecule has 1 aromatic rings. The third-order valence-corrected chi connectivity index (χ3v) is 4.03. The van der Waals surface area contributed by atoms with Crippen LogP contribution in [0.5, 0.6) is 11.5 Å². The van der Waals surface area contributed by atoms with E-state index in [1.165, 1.54) is 21.1 Å². The van der Waals surface area contributed by atoms with E-state index in [0.717, 1.165) is 0 Å². The standard InChI is InChI=1S/C17H22N2O6/c1-12(20)18-7-9-19(10-8-18)15(21)11-25-17(22)13-5-4-6-14(23-2)16(13)24-3/h4-6H,7-11H2,1-3H3. The van der Waals surface area contributed by atoms with Crippen LogP contribution in [0.15, 0.2) is 18.2 Å². The molecule has 0 unspecified atom stereocenters. The highest BCUT2D eigenvalue weighted by atomic mass is 16.5. The minimum Gasteiger partial charge on any atom is -0.493 e. The van der Waals surface area contributed by atoms with Gasteiger partial charge in [-0.05, 0) is 12.1 Å². The van der Waals surface area contributed by atoms with Gasteiger partial charge in [0, 0.05) is 33.1 Å². The Morgan fingerprint density at radius 2 is 1.64 bits per heavy atom. The summed E-state index contributed by atoms with van der Waals surface area (Å²) in [6.45, 7) is 2.97. The molecule has 2 amide bonds. The predicted octanol–water partition coefficient (Wildman–Crippen LogP) is 0.551. The topological polar surface area (TPSA) is 85.4 Å². The molecule has 1 aromatic carbocycles. The number of rotatable bonds is 5. The first-order valence-electron chi connectivity index (χ1n) is 7.89. The van der Waals surface area contributed by atoms with Gasteiger partial charge in [0.1, 0.15) is 5.56 Å². The van der Waals surface area contributed by atoms with Gasteiger partial charge in [0.2, 0.25) is 5.91 Å². The van der Waals surface area contributed by atoms with Crippen LogP contribution in [-0.4, -0.2) is 74.6 Å². The van der Waals surface area contributed by atoms with Gasteiger partial charge in [-0.15, -0.1) is 0 Å². The van der Waals surface area contributed by atoms with Gasteiger partial charge in [-0.25, -0.2) is 4.79 Å². The van der Waals surface area contributed by atoms with Gasteiger partial charge in [0.25, 0.3) is 5.91 Å². The molecule has 1 heterocycles. The molecule has 0 saturated carbocycles. The van der Waals surface area contributed by atoms with Crippen LogP contribution in [0.1, 0.15) is 17.3 Å². The third-order valence-electron chi connectivity index (χ3n) is 4.03. The number of piperazine rings is 1. The van der Waals surface area contributed by atoms with Crippen LogP contribution < -0.4 is 9.47 Å². The molecule has 8 heteroatoms. The van der Waals surface area contributed by atoms with E-state index in [0.29, 0.717) is 31.9 Å². The largest absolute Gasteiger partial charge is 0.493 e. The third kappa shape index (κ3) is 4.40. The van der Waals surface area contributed by atoms with Crippen LogP contribution in [0.2, 0.25) is 0 Å². The molecule has 0 N–H and O–H groups in total. The van der Waals surface area contributed by atoms with Crippen molar-refractivity contribution in [2.45, 2.75) is 6.92 Å². The molecule has 0 aliphatic carbocycles. The van der Waals surface area contributed by atoms with E-state index >= 15 is 0 Å². The van der Waals surface area contributed by atoms with Crippen molar-refractivity contribution in [3.8, 4) is 11.5 Å². The Labute approximate surface area is 146 Å². The lowest BCUT2D eigenvalue weighted by atomic mass is 10.2. The SMILES string of the molecule is COc1cccc(C(=O)OCC(=O)N2CCN(C(C)=O)CC2)c1OC. The smallest absolute Gasteiger partial charge is 0.342 e. The Morgan fingerprint density at radius 1 is 1.00 bits per heavy atom. The first-order chi connectivity index (χ1) is 12.0. The number of carbonyl (C=O) groups excluding carboxylic acids is 3. The summed E-state index contributed by atoms with van der Waals surface area (Å²) < 4.78 is 15.4. The summed E-state index contributed by atoms with van der Waals surface area (Å²) in [5, 5.41) is 0. The lowest BCUT2D eigenvalue weighted by molar-refractivity contribution is -0.140. The number of hydrogen-bond donors (Lipinski definition) is 0. The van der Waals surface area contributed by atoms with Crippen molar-refractivity contribution in [2.75, 3.05) is 47.0 Å². The zero-order chi connectivity index (χ0) is 18.4. The molecule has 1 fully saturated rings. The van der Waals surface area contributed by atoms with Crippen LogP contribution in [0, 0.1) is 0 Å². The summed E-state index contributed by atoms with van der Waals surface area (Å²) in [6, 6.07) is 4.84. The van der Waals surface area contributed by atoms with E-state index in [1.807, 2.05) is 0 Å². The molecule has 0 radical (unpaired) electrons. The average molecular weight is 350 g/mol. The summed E-state index contributed by atoms with van der Waals surface area (Å²) in [5.41, 5.74) is 0.191. The molecule has 1 saturated heterocycles. The monoisotopic (exact) mass is 350 g/mol. The number of benzene rings is 1. The molecular formula is C17H22N2O6. The van der Waals surface area contributed by atoms with Gasteiger partial charge in [-0.3, -0.25) is 9.59 Å². The quantitative estimate of drug-likeness (QED) is 0.721. The number of nitrogens with zero attached hydrogens (tertiary/aromatic N) is 2. The Hall–Kier alpha value is -2.77. The maximum Gasteiger partial charge on any atom is 0.342 e. The number of para-hydroxylation sites is 1. The van der Waals surface area contributed by atoms with Gasteiger partial charge in [0.15, 0.2) is 18.1 Å². The molecule has 25 heavy (non-hydrogen) atoms. The van der Waals surface area contributed by atoms with Crippen LogP contribution in [0.3, 0.4) is 0 Å².